The fourth-order valence-electron chi connectivity index (χ4n) is 2.35. The molecule has 2 aromatic rings. The molecule has 1 N–H and O–H groups in total. The van der Waals surface area contributed by atoms with Crippen molar-refractivity contribution < 1.29 is 30.7 Å². The maximum absolute atomic E-state index is 12.7. The molecular weight excluding hydrogens is 321 g/mol. The van der Waals surface area contributed by atoms with E-state index in [-0.39, 0.29) is 13.0 Å². The normalized spacial score (nSPS) is 13.0. The number of H-pyrrole nitrogens is 1. The topological polar surface area (TPSA) is 76.9 Å². The molecule has 0 aliphatic carbocycles. The molecule has 122 valence electrons. The predicted octanol–water partition coefficient (Wildman–Crippen LogP) is 1.97. The highest BCUT2D eigenvalue weighted by Gasteiger charge is 2.32. The van der Waals surface area contributed by atoms with Gasteiger partial charge in [0, 0.05) is 18.2 Å². The number of aromatic nitrogens is 2. The minimum atomic E-state index is -4.42. The standard InChI is InChI=1S/C13H15F3N2O3S/c1-2-12-17-10-8-9(13(14,15)16)4-5-11(10)18(12)6-3-7-22(19,20)21/h4-5,8H,2-3,6-7H2,1H3,(H,19,20,21). The van der Waals surface area contributed by atoms with E-state index in [0.717, 1.165) is 12.1 Å². The molecule has 0 bridgehead atoms. The molecule has 1 heterocycles. The van der Waals surface area contributed by atoms with E-state index in [2.05, 4.69) is 4.98 Å². The average Bonchev–Trinajstić information content (AvgIpc) is 2.73. The van der Waals surface area contributed by atoms with Crippen LogP contribution in [0.4, 0.5) is 13.2 Å². The number of fused-ring (bicyclic) bond motifs is 1. The van der Waals surface area contributed by atoms with Gasteiger partial charge >= 0.3 is 6.18 Å². The Morgan fingerprint density at radius 3 is 2.55 bits per heavy atom. The number of aryl methyl sites for hydroxylation is 2. The van der Waals surface area contributed by atoms with E-state index < -0.39 is 27.6 Å². The molecule has 0 aliphatic heterocycles. The highest BCUT2D eigenvalue weighted by Crippen LogP contribution is 2.30. The number of aromatic amines is 1. The van der Waals surface area contributed by atoms with Gasteiger partial charge in [0.2, 0.25) is 0 Å². The van der Waals surface area contributed by atoms with E-state index in [1.54, 1.807) is 4.57 Å². The molecule has 0 radical (unpaired) electrons. The van der Waals surface area contributed by atoms with Gasteiger partial charge in [-0.2, -0.15) is 13.2 Å². The summed E-state index contributed by atoms with van der Waals surface area (Å²) < 4.78 is 71.8. The number of alkyl halides is 3. The van der Waals surface area contributed by atoms with Crippen molar-refractivity contribution in [3.8, 4) is 0 Å². The second-order valence-corrected chi connectivity index (χ2v) is 6.45. The highest BCUT2D eigenvalue weighted by molar-refractivity contribution is 7.85. The van der Waals surface area contributed by atoms with Crippen LogP contribution in [0.2, 0.25) is 0 Å². The fourth-order valence-corrected chi connectivity index (χ4v) is 2.83. The second kappa shape index (κ2) is 5.88. The summed E-state index contributed by atoms with van der Waals surface area (Å²) in [6.07, 6.45) is -3.77. The Morgan fingerprint density at radius 1 is 1.32 bits per heavy atom. The van der Waals surface area contributed by atoms with E-state index in [1.165, 1.54) is 6.07 Å². The molecule has 0 fully saturated rings. The van der Waals surface area contributed by atoms with E-state index in [4.69, 9.17) is 0 Å². The van der Waals surface area contributed by atoms with Crippen molar-refractivity contribution in [1.29, 1.82) is 0 Å². The summed E-state index contributed by atoms with van der Waals surface area (Å²) in [5, 5.41) is 0. The van der Waals surface area contributed by atoms with Crippen molar-refractivity contribution in [2.24, 2.45) is 0 Å². The van der Waals surface area contributed by atoms with Gasteiger partial charge in [0.1, 0.15) is 0 Å². The van der Waals surface area contributed by atoms with Gasteiger partial charge in [0.05, 0.1) is 22.2 Å². The molecule has 2 rings (SSSR count). The number of nitrogens with one attached hydrogen (secondary N) is 1. The second-order valence-electron chi connectivity index (χ2n) is 4.92. The zero-order chi connectivity index (χ0) is 16.5. The number of nitrogens with zero attached hydrogens (tertiary/aromatic N) is 1. The first-order valence-corrected chi connectivity index (χ1v) is 8.25. The van der Waals surface area contributed by atoms with Crippen molar-refractivity contribution >= 4 is 21.2 Å². The van der Waals surface area contributed by atoms with Crippen LogP contribution in [-0.4, -0.2) is 23.7 Å². The summed E-state index contributed by atoms with van der Waals surface area (Å²) >= 11 is 0. The average molecular weight is 336 g/mol. The van der Waals surface area contributed by atoms with Crippen LogP contribution in [0.1, 0.15) is 24.7 Å². The lowest BCUT2D eigenvalue weighted by Gasteiger charge is -2.06. The number of rotatable bonds is 5. The zero-order valence-electron chi connectivity index (χ0n) is 11.8. The predicted molar refractivity (Wildman–Crippen MR) is 72.1 cm³/mol. The molecule has 1 aromatic heterocycles. The lowest BCUT2D eigenvalue weighted by molar-refractivity contribution is -0.678. The first-order valence-electron chi connectivity index (χ1n) is 6.67. The molecule has 0 aliphatic rings. The van der Waals surface area contributed by atoms with Crippen LogP contribution in [0, 0.1) is 0 Å². The molecule has 1 aromatic carbocycles. The van der Waals surface area contributed by atoms with E-state index in [9.17, 15) is 26.1 Å². The Labute approximate surface area is 125 Å². The first kappa shape index (κ1) is 16.8. The van der Waals surface area contributed by atoms with Gasteiger partial charge in [0.15, 0.2) is 11.0 Å². The molecule has 0 spiro atoms. The number of imidazole rings is 1. The molecule has 22 heavy (non-hydrogen) atoms. The Hall–Kier alpha value is -1.61. The monoisotopic (exact) mass is 336 g/mol. The third-order valence-corrected chi connectivity index (χ3v) is 4.12. The summed E-state index contributed by atoms with van der Waals surface area (Å²) in [4.78, 5) is 2.91. The molecule has 0 saturated heterocycles. The van der Waals surface area contributed by atoms with Gasteiger partial charge in [-0.3, -0.25) is 0 Å². The van der Waals surface area contributed by atoms with E-state index >= 15 is 0 Å². The molecule has 0 amide bonds. The summed E-state index contributed by atoms with van der Waals surface area (Å²) in [5.74, 6) is 0.175. The van der Waals surface area contributed by atoms with Crippen molar-refractivity contribution in [1.82, 2.24) is 4.98 Å². The van der Waals surface area contributed by atoms with Gasteiger partial charge in [-0.05, 0) is 18.6 Å². The lowest BCUT2D eigenvalue weighted by Crippen LogP contribution is -2.37. The van der Waals surface area contributed by atoms with E-state index in [0.29, 0.717) is 23.3 Å². The van der Waals surface area contributed by atoms with Crippen LogP contribution in [0.5, 0.6) is 0 Å². The van der Waals surface area contributed by atoms with Crippen LogP contribution in [0.15, 0.2) is 18.2 Å². The van der Waals surface area contributed by atoms with Crippen molar-refractivity contribution in [3.63, 3.8) is 0 Å². The first-order chi connectivity index (χ1) is 10.1. The fraction of sp³-hybridized carbons (Fsp3) is 0.462. The van der Waals surface area contributed by atoms with Crippen LogP contribution >= 0.6 is 0 Å². The van der Waals surface area contributed by atoms with Crippen LogP contribution in [0.3, 0.4) is 0 Å². The minimum absolute atomic E-state index is 0.109. The SMILES string of the molecule is CCc1[nH]c2cc(C(F)(F)F)ccc2[n+]1CCCS(=O)(=O)[O-]. The van der Waals surface area contributed by atoms with Crippen molar-refractivity contribution in [2.75, 3.05) is 5.75 Å². The Morgan fingerprint density at radius 2 is 2.00 bits per heavy atom. The van der Waals surface area contributed by atoms with E-state index in [1.807, 2.05) is 6.92 Å². The molecule has 0 atom stereocenters. The van der Waals surface area contributed by atoms with Crippen LogP contribution in [0.25, 0.3) is 11.0 Å². The largest absolute Gasteiger partial charge is 0.748 e. The number of halogens is 3. The number of hydrogen-bond acceptors (Lipinski definition) is 3. The molecule has 9 heteroatoms. The Balaban J connectivity index is 2.36. The lowest BCUT2D eigenvalue weighted by atomic mass is 10.2. The maximum atomic E-state index is 12.7. The summed E-state index contributed by atoms with van der Waals surface area (Å²) in [7, 11) is -4.30. The molecule has 0 unspecified atom stereocenters. The quantitative estimate of drug-likeness (QED) is 0.670. The Bertz CT molecular complexity index is 782. The zero-order valence-corrected chi connectivity index (χ0v) is 12.6. The van der Waals surface area contributed by atoms with Gasteiger partial charge in [-0.15, -0.1) is 0 Å². The molecular formula is C13H15F3N2O3S. The number of hydrogen-bond donors (Lipinski definition) is 1. The third kappa shape index (κ3) is 3.77. The summed E-state index contributed by atoms with van der Waals surface area (Å²) in [5.41, 5.74) is 0.128. The van der Waals surface area contributed by atoms with Crippen LogP contribution < -0.4 is 4.57 Å². The minimum Gasteiger partial charge on any atom is -0.748 e. The maximum Gasteiger partial charge on any atom is 0.416 e. The van der Waals surface area contributed by atoms with Gasteiger partial charge in [0.25, 0.3) is 5.82 Å². The molecule has 0 saturated carbocycles. The summed E-state index contributed by atoms with van der Waals surface area (Å²) in [6, 6.07) is 3.35. The third-order valence-electron chi connectivity index (χ3n) is 3.33. The van der Waals surface area contributed by atoms with Gasteiger partial charge in [-0.1, -0.05) is 6.92 Å². The van der Waals surface area contributed by atoms with Crippen LogP contribution in [-0.2, 0) is 29.3 Å². The van der Waals surface area contributed by atoms with Gasteiger partial charge < -0.3 is 4.55 Å². The highest BCUT2D eigenvalue weighted by atomic mass is 32.2. The van der Waals surface area contributed by atoms with Crippen molar-refractivity contribution in [3.05, 3.63) is 29.6 Å². The smallest absolute Gasteiger partial charge is 0.416 e. The van der Waals surface area contributed by atoms with Gasteiger partial charge in [-0.25, -0.2) is 18.0 Å². The van der Waals surface area contributed by atoms with Crippen molar-refractivity contribution in [2.45, 2.75) is 32.5 Å². The molecule has 5 nitrogen and oxygen atoms in total. The summed E-state index contributed by atoms with van der Waals surface area (Å²) in [6.45, 7) is 2.08. The Kier molecular flexibility index (Phi) is 4.48. The number of benzene rings is 1.